The van der Waals surface area contributed by atoms with Gasteiger partial charge in [-0.15, -0.1) is 11.3 Å². The molecule has 0 saturated carbocycles. The van der Waals surface area contributed by atoms with Crippen LogP contribution in [0.25, 0.3) is 92.0 Å². The molecule has 734 valence electrons. The molecule has 0 atom stereocenters. The van der Waals surface area contributed by atoms with Crippen LogP contribution in [0.2, 0.25) is 10.0 Å². The van der Waals surface area contributed by atoms with Crippen LogP contribution in [0.4, 0.5) is 5.69 Å². The fourth-order valence-corrected chi connectivity index (χ4v) is 22.2. The zero-order chi connectivity index (χ0) is 99.8. The lowest BCUT2D eigenvalue weighted by Gasteiger charge is -2.34. The Morgan fingerprint density at radius 2 is 1.02 bits per heavy atom. The van der Waals surface area contributed by atoms with Crippen LogP contribution in [0.15, 0.2) is 279 Å². The third-order valence-corrected chi connectivity index (χ3v) is 30.4. The summed E-state index contributed by atoms with van der Waals surface area (Å²) in [6.07, 6.45) is 8.09. The molecule has 0 unspecified atom stereocenters. The number of hydrogen-bond donors (Lipinski definition) is 2. The number of nitrogens with one attached hydrogen (secondary N) is 1. The predicted molar refractivity (Wildman–Crippen MR) is 580 cm³/mol. The number of aromatic amines is 1. The lowest BCUT2D eigenvalue weighted by Crippen LogP contribution is -2.48. The lowest BCUT2D eigenvalue weighted by atomic mass is 9.98. The molecule has 0 amide bonds. The minimum absolute atomic E-state index is 0.0604. The van der Waals surface area contributed by atoms with Gasteiger partial charge in [0.1, 0.15) is 41.0 Å². The van der Waals surface area contributed by atoms with Crippen LogP contribution in [0.3, 0.4) is 0 Å². The van der Waals surface area contributed by atoms with Crippen molar-refractivity contribution in [3.63, 3.8) is 0 Å². The highest BCUT2D eigenvalue weighted by Crippen LogP contribution is 2.43. The van der Waals surface area contributed by atoms with Crippen molar-refractivity contribution < 1.29 is 61.1 Å². The maximum absolute atomic E-state index is 13.3. The molecule has 2 N–H and O–H groups in total. The van der Waals surface area contributed by atoms with Gasteiger partial charge in [-0.2, -0.15) is 9.40 Å². The Morgan fingerprint density at radius 3 is 1.60 bits per heavy atom. The number of hydrogen-bond acceptors (Lipinski definition) is 16. The van der Waals surface area contributed by atoms with Gasteiger partial charge in [-0.05, 0) is 230 Å². The van der Waals surface area contributed by atoms with Gasteiger partial charge in [0, 0.05) is 142 Å². The van der Waals surface area contributed by atoms with E-state index in [0.717, 1.165) is 212 Å². The first-order chi connectivity index (χ1) is 69.4. The van der Waals surface area contributed by atoms with Crippen LogP contribution in [-0.4, -0.2) is 157 Å². The Hall–Kier alpha value is -13.7. The van der Waals surface area contributed by atoms with Gasteiger partial charge in [-0.3, -0.25) is 24.0 Å². The van der Waals surface area contributed by atoms with E-state index in [0.29, 0.717) is 120 Å². The monoisotopic (exact) mass is 1990 g/mol. The highest BCUT2D eigenvalue weighted by molar-refractivity contribution is 7.88. The SMILES string of the molecule is CC(=O)C1=C(CCCOc2cc(C)c(Cl)c(C)c2)c2ccc(Cl)cc2C1.CC(=O)c1[nH]c2c(-c3ccccc3)cccc2c1CCCOc1cccc2ccccc12.CC(=O)c1sc2ccccc2c1CCCOc1cccc2ccccc12.Cc1nn(C)c(COc2ccc(N3CCN(S(C)(=O)=O)CC3)cc2)c1-c1cccc2c(CCCOc3cccc4ccccc34)c(C(=O)O)n(CCN3CCOCC3)c12. The Bertz CT molecular complexity index is 7620. The number of carbonyl (C=O) groups is 4. The second-order valence-corrected chi connectivity index (χ2v) is 40.4. The first-order valence-electron chi connectivity index (χ1n) is 49.0. The molecule has 20 rings (SSSR count). The molecule has 20 nitrogen and oxygen atoms in total. The summed E-state index contributed by atoms with van der Waals surface area (Å²) < 4.78 is 66.9. The Morgan fingerprint density at radius 1 is 0.497 bits per heavy atom. The summed E-state index contributed by atoms with van der Waals surface area (Å²) in [5, 5.41) is 27.3. The maximum Gasteiger partial charge on any atom is 0.352 e. The summed E-state index contributed by atoms with van der Waals surface area (Å²) in [5.41, 5.74) is 19.1. The van der Waals surface area contributed by atoms with Crippen molar-refractivity contribution in [2.45, 2.75) is 112 Å². The van der Waals surface area contributed by atoms with Gasteiger partial charge in [0.2, 0.25) is 10.0 Å². The molecule has 17 aromatic rings. The standard InChI is InChI=1S/C45H52N6O7S.C29H25NO2.C23H20O2S.C22H22Cl2O2/c1-32-42(40(47(2)46-32)31-58-35-18-16-34(17-19-35)49-21-23-50(24-22-49)59(3,54)55)39-13-7-12-37-38(14-8-28-57-41-15-6-10-33-9-4-5-11-36(33)41)44(45(52)53)51(43(37)39)25-20-48-26-29-56-30-27-48;1-20(31)28-25(17-9-19-32-27-18-7-13-21-12-5-6-14-23(21)27)26-16-8-15-24(29(26)30-28)22-10-3-2-4-11-22;1-16(24)23-20(19-11-4-5-14-22(19)26-23)12-7-15-25-21-13-6-9-17-8-2-3-10-18(17)21;1-13-9-18(10-14(2)22(13)24)26-8-4-5-20-19-7-6-17(23)11-16(19)12-21(20)15(3)25/h4-7,9-13,15-19H,8,14,20-31H2,1-3H3,(H,52,53);2-8,10-16,18,30H,9,17,19H2,1H3;2-6,8-11,13-14H,7,12,15H2,1H3;6-7,9-11H,4-5,8,12H2,1-3H3. The highest BCUT2D eigenvalue weighted by atomic mass is 35.5. The van der Waals surface area contributed by atoms with Crippen molar-refractivity contribution in [3.8, 4) is 51.0 Å². The molecular formula is C119H119Cl2N7O13S2. The summed E-state index contributed by atoms with van der Waals surface area (Å²) in [4.78, 5) is 58.6. The Labute approximate surface area is 849 Å². The fraction of sp³-hybridized carbons (Fsp3) is 0.269. The van der Waals surface area contributed by atoms with Crippen LogP contribution in [0.5, 0.6) is 28.7 Å². The number of rotatable bonds is 34. The molecule has 2 aliphatic heterocycles. The summed E-state index contributed by atoms with van der Waals surface area (Å²) in [6.45, 7) is 19.6. The van der Waals surface area contributed by atoms with Gasteiger partial charge < -0.3 is 48.0 Å². The molecule has 2 saturated heterocycles. The van der Waals surface area contributed by atoms with Crippen molar-refractivity contribution in [2.24, 2.45) is 7.05 Å². The molecule has 24 heteroatoms. The number of sulfonamides is 1. The first-order valence-corrected chi connectivity index (χ1v) is 52.4. The van der Waals surface area contributed by atoms with Crippen molar-refractivity contribution >= 4 is 143 Å². The van der Waals surface area contributed by atoms with E-state index in [-0.39, 0.29) is 24.0 Å². The second-order valence-electron chi connectivity index (χ2n) is 36.6. The maximum atomic E-state index is 13.3. The number of Topliss-reactive ketones (excluding diaryl/α,β-unsaturated/α-hetero) is 3. The molecular weight excluding hydrogens is 1870 g/mol. The van der Waals surface area contributed by atoms with Gasteiger partial charge in [-0.1, -0.05) is 223 Å². The number of carbonyl (C=O) groups excluding carboxylic acids is 3. The van der Waals surface area contributed by atoms with E-state index >= 15 is 0 Å². The molecule has 1 aliphatic carbocycles. The number of allylic oxidation sites excluding steroid dienone is 2. The average molecular weight is 1990 g/mol. The number of anilines is 1. The number of thiophene rings is 1. The number of aromatic nitrogens is 4. The summed E-state index contributed by atoms with van der Waals surface area (Å²) in [7, 11) is -1.29. The van der Waals surface area contributed by atoms with E-state index in [1.807, 2.05) is 207 Å². The molecule has 143 heavy (non-hydrogen) atoms. The summed E-state index contributed by atoms with van der Waals surface area (Å²) in [5.74, 6) is 3.57. The van der Waals surface area contributed by atoms with Crippen LogP contribution in [0.1, 0.15) is 134 Å². The number of piperazine rings is 1. The van der Waals surface area contributed by atoms with Gasteiger partial charge >= 0.3 is 5.97 Å². The topological polar surface area (TPSA) is 226 Å². The number of aryl methyl sites for hydroxylation is 7. The number of H-pyrrole nitrogens is 1. The minimum Gasteiger partial charge on any atom is -0.494 e. The molecule has 4 aromatic heterocycles. The number of para-hydroxylation sites is 2. The Kier molecular flexibility index (Phi) is 32.8. The third kappa shape index (κ3) is 23.8. The average Bonchev–Trinajstić information content (AvgIpc) is 1.58. The van der Waals surface area contributed by atoms with E-state index in [9.17, 15) is 32.7 Å². The van der Waals surface area contributed by atoms with Crippen LogP contribution >= 0.6 is 34.5 Å². The first kappa shape index (κ1) is 101. The van der Waals surface area contributed by atoms with Crippen LogP contribution < -0.4 is 28.6 Å². The van der Waals surface area contributed by atoms with E-state index < -0.39 is 16.0 Å². The molecule has 0 spiro atoms. The largest absolute Gasteiger partial charge is 0.494 e. The van der Waals surface area contributed by atoms with Gasteiger partial charge in [0.15, 0.2) is 17.3 Å². The number of carboxylic acids is 1. The molecule has 13 aromatic carbocycles. The number of carboxylic acid groups (broad SMARTS) is 1. The Balaban J connectivity index is 0.000000141. The number of benzene rings is 13. The van der Waals surface area contributed by atoms with Crippen molar-refractivity contribution in [2.75, 3.05) is 96.6 Å². The van der Waals surface area contributed by atoms with E-state index in [4.69, 9.17) is 56.7 Å². The quantitative estimate of drug-likeness (QED) is 0.0282. The van der Waals surface area contributed by atoms with Gasteiger partial charge in [0.05, 0.1) is 78.9 Å². The van der Waals surface area contributed by atoms with Gasteiger partial charge in [-0.25, -0.2) is 13.2 Å². The van der Waals surface area contributed by atoms with Crippen molar-refractivity contribution in [3.05, 3.63) is 355 Å². The summed E-state index contributed by atoms with van der Waals surface area (Å²) >= 11 is 13.9. The van der Waals surface area contributed by atoms with Crippen molar-refractivity contribution in [1.29, 1.82) is 0 Å². The molecule has 0 bridgehead atoms. The molecule has 2 fully saturated rings. The van der Waals surface area contributed by atoms with Crippen LogP contribution in [-0.2, 0) is 65.4 Å². The van der Waals surface area contributed by atoms with E-state index in [1.165, 1.54) is 37.0 Å². The number of nitrogens with zero attached hydrogens (tertiary/aromatic N) is 6. The fourth-order valence-electron chi connectivity index (χ4n) is 20.0. The molecule has 6 heterocycles. The normalized spacial score (nSPS) is 13.3. The van der Waals surface area contributed by atoms with Gasteiger partial charge in [0.25, 0.3) is 0 Å². The highest BCUT2D eigenvalue weighted by Gasteiger charge is 2.31. The smallest absolute Gasteiger partial charge is 0.352 e. The zero-order valence-electron chi connectivity index (χ0n) is 82.1. The third-order valence-electron chi connectivity index (χ3n) is 27.0. The number of fused-ring (bicyclic) bond motifs is 7. The second kappa shape index (κ2) is 46.6. The number of morpholine rings is 1. The molecule has 0 radical (unpaired) electrons. The lowest BCUT2D eigenvalue weighted by molar-refractivity contribution is -0.113. The van der Waals surface area contributed by atoms with E-state index in [2.05, 4.69) is 118 Å². The molecule has 3 aliphatic rings. The zero-order valence-corrected chi connectivity index (χ0v) is 85.2. The number of halogens is 2. The number of ketones is 3. The summed E-state index contributed by atoms with van der Waals surface area (Å²) in [6, 6.07) is 91.6. The number of ether oxygens (including phenoxy) is 6. The van der Waals surface area contributed by atoms with Crippen molar-refractivity contribution in [1.82, 2.24) is 28.5 Å². The van der Waals surface area contributed by atoms with Crippen LogP contribution in [0, 0.1) is 20.8 Å². The predicted octanol–water partition coefficient (Wildman–Crippen LogP) is 26.0. The minimum atomic E-state index is -3.20. The van der Waals surface area contributed by atoms with E-state index in [1.54, 1.807) is 32.1 Å². The number of aromatic carboxylic acids is 1.